The molecule has 0 fully saturated rings. The molecule has 0 spiro atoms. The molecule has 3 nitrogen and oxygen atoms in total. The quantitative estimate of drug-likeness (QED) is 0.813. The van der Waals surface area contributed by atoms with E-state index < -0.39 is 0 Å². The van der Waals surface area contributed by atoms with Gasteiger partial charge in [0.15, 0.2) is 0 Å². The van der Waals surface area contributed by atoms with E-state index in [1.165, 1.54) is 0 Å². The van der Waals surface area contributed by atoms with Crippen LogP contribution in [0.15, 0.2) is 18.5 Å². The molecule has 3 heteroatoms. The van der Waals surface area contributed by atoms with E-state index in [0.717, 1.165) is 11.3 Å². The number of nitrogens with two attached hydrogens (primary N) is 1. The van der Waals surface area contributed by atoms with E-state index in [2.05, 4.69) is 30.7 Å². The Labute approximate surface area is 103 Å². The lowest BCUT2D eigenvalue weighted by atomic mass is 10.1. The Morgan fingerprint density at radius 1 is 1.24 bits per heavy atom. The zero-order valence-electron chi connectivity index (χ0n) is 10.9. The molecule has 0 bridgehead atoms. The minimum absolute atomic E-state index is 0.107. The Morgan fingerprint density at radius 3 is 2.53 bits per heavy atom. The maximum absolute atomic E-state index is 5.86. The van der Waals surface area contributed by atoms with Gasteiger partial charge in [-0.3, -0.25) is 4.98 Å². The van der Waals surface area contributed by atoms with Gasteiger partial charge in [-0.15, -0.1) is 0 Å². The third kappa shape index (κ3) is 4.88. The Balaban J connectivity index is 2.78. The van der Waals surface area contributed by atoms with Crippen LogP contribution in [0.3, 0.4) is 0 Å². The highest BCUT2D eigenvalue weighted by atomic mass is 16.5. The molecule has 1 atom stereocenters. The van der Waals surface area contributed by atoms with Crippen molar-refractivity contribution in [3.63, 3.8) is 0 Å². The van der Waals surface area contributed by atoms with E-state index in [0.29, 0.717) is 5.92 Å². The van der Waals surface area contributed by atoms with Crippen molar-refractivity contribution >= 4 is 0 Å². The first-order valence-electron chi connectivity index (χ1n) is 5.88. The van der Waals surface area contributed by atoms with Crippen molar-refractivity contribution in [2.45, 2.75) is 39.8 Å². The molecule has 92 valence electrons. The summed E-state index contributed by atoms with van der Waals surface area (Å²) in [6.07, 6.45) is 3.54. The lowest BCUT2D eigenvalue weighted by Gasteiger charge is -2.09. The zero-order valence-corrected chi connectivity index (χ0v) is 10.9. The van der Waals surface area contributed by atoms with Crippen molar-refractivity contribution in [3.8, 4) is 17.6 Å². The summed E-state index contributed by atoms with van der Waals surface area (Å²) in [5, 5.41) is 0. The van der Waals surface area contributed by atoms with Gasteiger partial charge < -0.3 is 10.5 Å². The number of rotatable bonds is 3. The fourth-order valence-corrected chi connectivity index (χ4v) is 1.16. The third-order valence-electron chi connectivity index (χ3n) is 2.19. The number of pyridine rings is 1. The van der Waals surface area contributed by atoms with Crippen molar-refractivity contribution in [2.24, 2.45) is 11.7 Å². The standard InChI is InChI=1S/C14H20N2O/c1-10(2)14(15)6-5-12-7-13(9-16-8-12)17-11(3)4/h7-11,14H,15H2,1-4H3. The summed E-state index contributed by atoms with van der Waals surface area (Å²) in [5.74, 6) is 7.13. The van der Waals surface area contributed by atoms with E-state index in [1.807, 2.05) is 19.9 Å². The second kappa shape index (κ2) is 6.27. The predicted molar refractivity (Wildman–Crippen MR) is 69.7 cm³/mol. The predicted octanol–water partition coefficient (Wildman–Crippen LogP) is 2.20. The van der Waals surface area contributed by atoms with Crippen molar-refractivity contribution in [2.75, 3.05) is 0 Å². The highest BCUT2D eigenvalue weighted by Gasteiger charge is 2.02. The molecule has 1 aromatic rings. The zero-order chi connectivity index (χ0) is 12.8. The van der Waals surface area contributed by atoms with Crippen LogP contribution in [-0.4, -0.2) is 17.1 Å². The molecule has 0 saturated carbocycles. The normalized spacial score (nSPS) is 12.2. The summed E-state index contributed by atoms with van der Waals surface area (Å²) >= 11 is 0. The molecule has 2 N–H and O–H groups in total. The molecule has 0 radical (unpaired) electrons. The van der Waals surface area contributed by atoms with E-state index in [4.69, 9.17) is 10.5 Å². The Morgan fingerprint density at radius 2 is 1.94 bits per heavy atom. The van der Waals surface area contributed by atoms with Crippen LogP contribution < -0.4 is 10.5 Å². The maximum Gasteiger partial charge on any atom is 0.139 e. The summed E-state index contributed by atoms with van der Waals surface area (Å²) in [7, 11) is 0. The van der Waals surface area contributed by atoms with Gasteiger partial charge in [0, 0.05) is 11.8 Å². The first-order chi connectivity index (χ1) is 7.99. The average molecular weight is 232 g/mol. The van der Waals surface area contributed by atoms with Crippen LogP contribution in [0.5, 0.6) is 5.75 Å². The topological polar surface area (TPSA) is 48.1 Å². The van der Waals surface area contributed by atoms with E-state index in [-0.39, 0.29) is 12.1 Å². The third-order valence-corrected chi connectivity index (χ3v) is 2.19. The number of hydrogen-bond donors (Lipinski definition) is 1. The summed E-state index contributed by atoms with van der Waals surface area (Å²) < 4.78 is 5.55. The summed E-state index contributed by atoms with van der Waals surface area (Å²) in [4.78, 5) is 4.09. The van der Waals surface area contributed by atoms with Crippen LogP contribution in [0.25, 0.3) is 0 Å². The van der Waals surface area contributed by atoms with Crippen molar-refractivity contribution < 1.29 is 4.74 Å². The molecule has 1 aromatic heterocycles. The second-order valence-electron chi connectivity index (χ2n) is 4.62. The molecule has 0 saturated heterocycles. The van der Waals surface area contributed by atoms with Gasteiger partial charge in [-0.25, -0.2) is 0 Å². The van der Waals surface area contributed by atoms with Gasteiger partial charge in [-0.2, -0.15) is 0 Å². The van der Waals surface area contributed by atoms with Crippen molar-refractivity contribution in [3.05, 3.63) is 24.0 Å². The molecule has 1 heterocycles. The number of hydrogen-bond acceptors (Lipinski definition) is 3. The van der Waals surface area contributed by atoms with Gasteiger partial charge in [0.2, 0.25) is 0 Å². The lowest BCUT2D eigenvalue weighted by molar-refractivity contribution is 0.241. The Hall–Kier alpha value is -1.53. The van der Waals surface area contributed by atoms with Crippen LogP contribution in [0.1, 0.15) is 33.3 Å². The van der Waals surface area contributed by atoms with Crippen LogP contribution in [0, 0.1) is 17.8 Å². The van der Waals surface area contributed by atoms with E-state index in [9.17, 15) is 0 Å². The molecule has 0 aromatic carbocycles. The molecule has 1 rings (SSSR count). The highest BCUT2D eigenvalue weighted by Crippen LogP contribution is 2.12. The Kier molecular flexibility index (Phi) is 4.99. The van der Waals surface area contributed by atoms with Crippen LogP contribution in [-0.2, 0) is 0 Å². The van der Waals surface area contributed by atoms with Gasteiger partial charge in [-0.1, -0.05) is 25.7 Å². The first-order valence-corrected chi connectivity index (χ1v) is 5.88. The summed E-state index contributed by atoms with van der Waals surface area (Å²) in [5.41, 5.74) is 6.69. The minimum Gasteiger partial charge on any atom is -0.489 e. The van der Waals surface area contributed by atoms with E-state index in [1.54, 1.807) is 12.4 Å². The number of aromatic nitrogens is 1. The minimum atomic E-state index is -0.107. The van der Waals surface area contributed by atoms with Crippen molar-refractivity contribution in [1.29, 1.82) is 0 Å². The van der Waals surface area contributed by atoms with Gasteiger partial charge in [0.1, 0.15) is 5.75 Å². The molecule has 0 aliphatic rings. The molecule has 0 amide bonds. The molecular weight excluding hydrogens is 212 g/mol. The largest absolute Gasteiger partial charge is 0.489 e. The molecule has 1 unspecified atom stereocenters. The van der Waals surface area contributed by atoms with Crippen LogP contribution >= 0.6 is 0 Å². The monoisotopic (exact) mass is 232 g/mol. The van der Waals surface area contributed by atoms with Crippen LogP contribution in [0.4, 0.5) is 0 Å². The molecule has 17 heavy (non-hydrogen) atoms. The van der Waals surface area contributed by atoms with Gasteiger partial charge in [0.05, 0.1) is 18.3 Å². The van der Waals surface area contributed by atoms with Crippen molar-refractivity contribution in [1.82, 2.24) is 4.98 Å². The van der Waals surface area contributed by atoms with Gasteiger partial charge >= 0.3 is 0 Å². The SMILES string of the molecule is CC(C)Oc1cncc(C#CC(N)C(C)C)c1. The lowest BCUT2D eigenvalue weighted by Crippen LogP contribution is -2.23. The first kappa shape index (κ1) is 13.5. The highest BCUT2D eigenvalue weighted by molar-refractivity contribution is 5.37. The molecular formula is C14H20N2O. The molecule has 0 aliphatic carbocycles. The number of nitrogens with zero attached hydrogens (tertiary/aromatic N) is 1. The maximum atomic E-state index is 5.86. The average Bonchev–Trinajstić information content (AvgIpc) is 2.25. The van der Waals surface area contributed by atoms with Gasteiger partial charge in [0.25, 0.3) is 0 Å². The summed E-state index contributed by atoms with van der Waals surface area (Å²) in [6.45, 7) is 8.06. The van der Waals surface area contributed by atoms with Gasteiger partial charge in [-0.05, 0) is 25.8 Å². The second-order valence-corrected chi connectivity index (χ2v) is 4.62. The summed E-state index contributed by atoms with van der Waals surface area (Å²) in [6, 6.07) is 1.78. The smallest absolute Gasteiger partial charge is 0.139 e. The van der Waals surface area contributed by atoms with Crippen LogP contribution in [0.2, 0.25) is 0 Å². The fraction of sp³-hybridized carbons (Fsp3) is 0.500. The Bertz CT molecular complexity index is 416. The number of ether oxygens (including phenoxy) is 1. The fourth-order valence-electron chi connectivity index (χ4n) is 1.16. The molecule has 0 aliphatic heterocycles. The van der Waals surface area contributed by atoms with E-state index >= 15 is 0 Å².